The summed E-state index contributed by atoms with van der Waals surface area (Å²) in [6, 6.07) is 0. The molecule has 1 aliphatic rings. The first-order chi connectivity index (χ1) is 6.29. The molecule has 1 atom stereocenters. The molecule has 1 aliphatic carbocycles. The van der Waals surface area contributed by atoms with Crippen molar-refractivity contribution in [3.05, 3.63) is 10.0 Å². The van der Waals surface area contributed by atoms with Crippen LogP contribution < -0.4 is 0 Å². The van der Waals surface area contributed by atoms with Crippen molar-refractivity contribution in [1.82, 2.24) is 10.2 Å². The summed E-state index contributed by atoms with van der Waals surface area (Å²) in [7, 11) is 0. The first-order valence-corrected chi connectivity index (χ1v) is 6.49. The number of alkyl halides is 1. The molecule has 0 aliphatic heterocycles. The molecule has 0 bridgehead atoms. The average molecular weight is 261 g/mol. The SMILES string of the molecule is CCC(Br)c1nnc(CC2CC2)s1. The van der Waals surface area contributed by atoms with Gasteiger partial charge in [-0.15, -0.1) is 21.5 Å². The maximum atomic E-state index is 4.20. The van der Waals surface area contributed by atoms with Gasteiger partial charge in [-0.05, 0) is 25.2 Å². The van der Waals surface area contributed by atoms with E-state index in [1.54, 1.807) is 11.3 Å². The number of aromatic nitrogens is 2. The van der Waals surface area contributed by atoms with Crippen LogP contribution in [0.4, 0.5) is 0 Å². The second-order valence-corrected chi connectivity index (χ2v) is 5.76. The molecule has 1 aromatic heterocycles. The predicted octanol–water partition coefficient (Wildman–Crippen LogP) is 3.34. The van der Waals surface area contributed by atoms with Crippen LogP contribution in [0, 0.1) is 5.92 Å². The first-order valence-electron chi connectivity index (χ1n) is 4.76. The fourth-order valence-electron chi connectivity index (χ4n) is 1.22. The normalized spacial score (nSPS) is 18.9. The Bertz CT molecular complexity index is 283. The molecule has 0 spiro atoms. The van der Waals surface area contributed by atoms with Crippen molar-refractivity contribution in [2.75, 3.05) is 0 Å². The molecule has 2 nitrogen and oxygen atoms in total. The molecular formula is C9H13BrN2S. The van der Waals surface area contributed by atoms with Crippen LogP contribution in [0.5, 0.6) is 0 Å². The summed E-state index contributed by atoms with van der Waals surface area (Å²) >= 11 is 5.35. The fraction of sp³-hybridized carbons (Fsp3) is 0.778. The van der Waals surface area contributed by atoms with Gasteiger partial charge in [0.05, 0.1) is 4.83 Å². The van der Waals surface area contributed by atoms with Gasteiger partial charge in [-0.1, -0.05) is 22.9 Å². The van der Waals surface area contributed by atoms with Crippen LogP contribution in [0.1, 0.15) is 41.0 Å². The van der Waals surface area contributed by atoms with Gasteiger partial charge in [0.1, 0.15) is 10.0 Å². The van der Waals surface area contributed by atoms with Crippen LogP contribution in [0.25, 0.3) is 0 Å². The Hall–Kier alpha value is 0.0400. The van der Waals surface area contributed by atoms with Crippen molar-refractivity contribution in [2.24, 2.45) is 5.92 Å². The zero-order chi connectivity index (χ0) is 9.26. The summed E-state index contributed by atoms with van der Waals surface area (Å²) in [4.78, 5) is 0.401. The van der Waals surface area contributed by atoms with Crippen LogP contribution in [-0.2, 0) is 6.42 Å². The zero-order valence-corrected chi connectivity index (χ0v) is 10.1. The van der Waals surface area contributed by atoms with Gasteiger partial charge in [0.15, 0.2) is 0 Å². The molecule has 2 rings (SSSR count). The van der Waals surface area contributed by atoms with E-state index in [9.17, 15) is 0 Å². The molecule has 0 radical (unpaired) electrons. The lowest BCUT2D eigenvalue weighted by molar-refractivity contribution is 0.797. The number of nitrogens with zero attached hydrogens (tertiary/aromatic N) is 2. The maximum absolute atomic E-state index is 4.20. The van der Waals surface area contributed by atoms with Gasteiger partial charge in [-0.3, -0.25) is 0 Å². The quantitative estimate of drug-likeness (QED) is 0.777. The van der Waals surface area contributed by atoms with Crippen molar-refractivity contribution < 1.29 is 0 Å². The van der Waals surface area contributed by atoms with E-state index < -0.39 is 0 Å². The van der Waals surface area contributed by atoms with Crippen molar-refractivity contribution in [2.45, 2.75) is 37.4 Å². The lowest BCUT2D eigenvalue weighted by atomic mass is 10.3. The van der Waals surface area contributed by atoms with E-state index in [2.05, 4.69) is 33.1 Å². The van der Waals surface area contributed by atoms with E-state index in [4.69, 9.17) is 0 Å². The molecule has 72 valence electrons. The number of hydrogen-bond donors (Lipinski definition) is 0. The third kappa shape index (κ3) is 2.50. The standard InChI is InChI=1S/C9H13BrN2S/c1-2-7(10)9-12-11-8(13-9)5-6-3-4-6/h6-7H,2-5H2,1H3. The molecule has 0 aromatic carbocycles. The van der Waals surface area contributed by atoms with Gasteiger partial charge in [-0.25, -0.2) is 0 Å². The van der Waals surface area contributed by atoms with E-state index in [1.807, 2.05) is 0 Å². The molecule has 1 fully saturated rings. The van der Waals surface area contributed by atoms with E-state index >= 15 is 0 Å². The molecule has 1 saturated carbocycles. The predicted molar refractivity (Wildman–Crippen MR) is 58.3 cm³/mol. The summed E-state index contributed by atoms with van der Waals surface area (Å²) in [5.41, 5.74) is 0. The van der Waals surface area contributed by atoms with Gasteiger partial charge in [0, 0.05) is 6.42 Å². The lowest BCUT2D eigenvalue weighted by Crippen LogP contribution is -1.85. The van der Waals surface area contributed by atoms with Crippen LogP contribution in [0.3, 0.4) is 0 Å². The molecule has 0 amide bonds. The minimum absolute atomic E-state index is 0.401. The highest BCUT2D eigenvalue weighted by Crippen LogP contribution is 2.35. The molecule has 1 heterocycles. The van der Waals surface area contributed by atoms with Crippen molar-refractivity contribution in [1.29, 1.82) is 0 Å². The average Bonchev–Trinajstić information content (AvgIpc) is 2.81. The van der Waals surface area contributed by atoms with Crippen molar-refractivity contribution in [3.8, 4) is 0 Å². The maximum Gasteiger partial charge on any atom is 0.131 e. The number of halogens is 1. The third-order valence-corrected chi connectivity index (χ3v) is 4.71. The second-order valence-electron chi connectivity index (χ2n) is 3.56. The summed E-state index contributed by atoms with van der Waals surface area (Å²) < 4.78 is 0. The van der Waals surface area contributed by atoms with Gasteiger partial charge in [0.2, 0.25) is 0 Å². The van der Waals surface area contributed by atoms with Gasteiger partial charge in [0.25, 0.3) is 0 Å². The van der Waals surface area contributed by atoms with Gasteiger partial charge in [-0.2, -0.15) is 0 Å². The van der Waals surface area contributed by atoms with Crippen molar-refractivity contribution in [3.63, 3.8) is 0 Å². The second kappa shape index (κ2) is 4.05. The number of hydrogen-bond acceptors (Lipinski definition) is 3. The highest BCUT2D eigenvalue weighted by Gasteiger charge is 2.23. The van der Waals surface area contributed by atoms with Crippen LogP contribution in [0.15, 0.2) is 0 Å². The summed E-state index contributed by atoms with van der Waals surface area (Å²) in [6.45, 7) is 2.15. The van der Waals surface area contributed by atoms with Crippen LogP contribution >= 0.6 is 27.3 Å². The lowest BCUT2D eigenvalue weighted by Gasteiger charge is -1.97. The Kier molecular flexibility index (Phi) is 2.99. The monoisotopic (exact) mass is 260 g/mol. The fourth-order valence-corrected chi connectivity index (χ4v) is 2.61. The first kappa shape index (κ1) is 9.59. The minimum atomic E-state index is 0.401. The Morgan fingerprint density at radius 2 is 2.31 bits per heavy atom. The van der Waals surface area contributed by atoms with Crippen molar-refractivity contribution >= 4 is 27.3 Å². The Labute approximate surface area is 90.9 Å². The zero-order valence-electron chi connectivity index (χ0n) is 7.66. The Morgan fingerprint density at radius 1 is 1.54 bits per heavy atom. The molecule has 0 N–H and O–H groups in total. The topological polar surface area (TPSA) is 25.8 Å². The summed E-state index contributed by atoms with van der Waals surface area (Å²) in [5, 5.41) is 10.7. The van der Waals surface area contributed by atoms with Crippen LogP contribution in [0.2, 0.25) is 0 Å². The van der Waals surface area contributed by atoms with Gasteiger partial charge < -0.3 is 0 Å². The van der Waals surface area contributed by atoms with Gasteiger partial charge >= 0.3 is 0 Å². The minimum Gasteiger partial charge on any atom is -0.144 e. The Balaban J connectivity index is 1.99. The van der Waals surface area contributed by atoms with Crippen LogP contribution in [-0.4, -0.2) is 10.2 Å². The molecule has 4 heteroatoms. The summed E-state index contributed by atoms with van der Waals surface area (Å²) in [5.74, 6) is 0.913. The highest BCUT2D eigenvalue weighted by atomic mass is 79.9. The van der Waals surface area contributed by atoms with E-state index in [-0.39, 0.29) is 0 Å². The molecule has 1 aromatic rings. The summed E-state index contributed by atoms with van der Waals surface area (Å²) in [6.07, 6.45) is 5.01. The smallest absolute Gasteiger partial charge is 0.131 e. The molecule has 0 saturated heterocycles. The molecular weight excluding hydrogens is 248 g/mol. The van der Waals surface area contributed by atoms with E-state index in [0.29, 0.717) is 4.83 Å². The highest BCUT2D eigenvalue weighted by molar-refractivity contribution is 9.09. The largest absolute Gasteiger partial charge is 0.144 e. The van der Waals surface area contributed by atoms with E-state index in [0.717, 1.165) is 23.8 Å². The third-order valence-electron chi connectivity index (χ3n) is 2.27. The molecule has 13 heavy (non-hydrogen) atoms. The number of rotatable bonds is 4. The molecule has 1 unspecified atom stereocenters. The van der Waals surface area contributed by atoms with E-state index in [1.165, 1.54) is 17.8 Å². The Morgan fingerprint density at radius 3 is 2.92 bits per heavy atom.